The van der Waals surface area contributed by atoms with E-state index in [0.717, 1.165) is 66.0 Å². The van der Waals surface area contributed by atoms with Gasteiger partial charge in [-0.2, -0.15) is 0 Å². The average Bonchev–Trinajstić information content (AvgIpc) is 3.72. The molecule has 0 spiro atoms. The van der Waals surface area contributed by atoms with Gasteiger partial charge in [0.1, 0.15) is 11.2 Å². The number of fused-ring (bicyclic) bond motifs is 9. The van der Waals surface area contributed by atoms with E-state index in [9.17, 15) is 0 Å². The number of hydrogen-bond acceptors (Lipinski definition) is 3. The lowest BCUT2D eigenvalue weighted by Gasteiger charge is -2.12. The maximum Gasteiger partial charge on any atom is 0.234 e. The summed E-state index contributed by atoms with van der Waals surface area (Å²) in [4.78, 5) is 9.98. The van der Waals surface area contributed by atoms with Gasteiger partial charge in [0.15, 0.2) is 0 Å². The number of nitrogens with zero attached hydrogens (tertiary/aromatic N) is 3. The van der Waals surface area contributed by atoms with E-state index in [1.165, 1.54) is 21.9 Å². The molecule has 224 valence electrons. The molecule has 4 heteroatoms. The van der Waals surface area contributed by atoms with Crippen molar-refractivity contribution in [3.8, 4) is 39.3 Å². The zero-order valence-electron chi connectivity index (χ0n) is 25.8. The summed E-state index contributed by atoms with van der Waals surface area (Å²) in [6, 6.07) is 53.2. The van der Waals surface area contributed by atoms with Gasteiger partial charge in [-0.15, -0.1) is 0 Å². The van der Waals surface area contributed by atoms with Crippen molar-refractivity contribution in [3.63, 3.8) is 0 Å². The topological polar surface area (TPSA) is 43.9 Å². The van der Waals surface area contributed by atoms with Crippen LogP contribution in [0.15, 0.2) is 168 Å². The largest absolute Gasteiger partial charge is 0.455 e. The lowest BCUT2D eigenvalue weighted by molar-refractivity contribution is 0.673. The Kier molecular flexibility index (Phi) is 5.84. The summed E-state index contributed by atoms with van der Waals surface area (Å²) in [7, 11) is 0. The van der Waals surface area contributed by atoms with Gasteiger partial charge < -0.3 is 4.42 Å². The van der Waals surface area contributed by atoms with E-state index in [1.54, 1.807) is 0 Å². The Hall–Kier alpha value is -6.52. The van der Waals surface area contributed by atoms with Gasteiger partial charge in [-0.3, -0.25) is 4.57 Å². The molecule has 0 saturated heterocycles. The lowest BCUT2D eigenvalue weighted by atomic mass is 9.94. The summed E-state index contributed by atoms with van der Waals surface area (Å²) in [6.07, 6.45) is 3.88. The van der Waals surface area contributed by atoms with Crippen molar-refractivity contribution in [3.05, 3.63) is 164 Å². The van der Waals surface area contributed by atoms with Crippen LogP contribution in [-0.4, -0.2) is 14.5 Å². The highest BCUT2D eigenvalue weighted by Crippen LogP contribution is 2.42. The molecule has 0 fully saturated rings. The van der Waals surface area contributed by atoms with Crippen LogP contribution < -0.4 is 0 Å². The number of hydrogen-bond donors (Lipinski definition) is 0. The van der Waals surface area contributed by atoms with E-state index in [4.69, 9.17) is 14.4 Å². The van der Waals surface area contributed by atoms with Crippen LogP contribution in [0.4, 0.5) is 0 Å². The Bertz CT molecular complexity index is 2760. The lowest BCUT2D eigenvalue weighted by Crippen LogP contribution is -2.00. The summed E-state index contributed by atoms with van der Waals surface area (Å²) in [5, 5.41) is 6.84. The van der Waals surface area contributed by atoms with Crippen molar-refractivity contribution in [2.45, 2.75) is 0 Å². The molecule has 0 aliphatic rings. The van der Waals surface area contributed by atoms with Crippen LogP contribution in [0.3, 0.4) is 0 Å². The predicted molar refractivity (Wildman–Crippen MR) is 197 cm³/mol. The van der Waals surface area contributed by atoms with Crippen LogP contribution in [0, 0.1) is 0 Å². The third-order valence-electron chi connectivity index (χ3n) is 9.48. The molecule has 3 aromatic heterocycles. The van der Waals surface area contributed by atoms with E-state index in [2.05, 4.69) is 144 Å². The Labute approximate surface area is 276 Å². The summed E-state index contributed by atoms with van der Waals surface area (Å²) >= 11 is 0. The van der Waals surface area contributed by atoms with Gasteiger partial charge in [-0.05, 0) is 81.1 Å². The van der Waals surface area contributed by atoms with Gasteiger partial charge in [-0.25, -0.2) is 9.97 Å². The van der Waals surface area contributed by atoms with E-state index >= 15 is 0 Å². The van der Waals surface area contributed by atoms with Crippen LogP contribution >= 0.6 is 0 Å². The van der Waals surface area contributed by atoms with Crippen LogP contribution in [0.1, 0.15) is 0 Å². The van der Waals surface area contributed by atoms with Crippen molar-refractivity contribution < 1.29 is 4.42 Å². The van der Waals surface area contributed by atoms with Gasteiger partial charge in [0.25, 0.3) is 0 Å². The molecule has 48 heavy (non-hydrogen) atoms. The second kappa shape index (κ2) is 10.5. The number of furan rings is 1. The van der Waals surface area contributed by atoms with Gasteiger partial charge in [0.05, 0.1) is 16.4 Å². The molecule has 0 N–H and O–H groups in total. The molecule has 0 aliphatic carbocycles. The maximum absolute atomic E-state index is 6.65. The molecule has 3 heterocycles. The van der Waals surface area contributed by atoms with Crippen LogP contribution in [-0.2, 0) is 0 Å². The molecule has 4 nitrogen and oxygen atoms in total. The van der Waals surface area contributed by atoms with Crippen molar-refractivity contribution in [2.75, 3.05) is 0 Å². The molecule has 0 unspecified atom stereocenters. The first kappa shape index (κ1) is 26.7. The van der Waals surface area contributed by atoms with Crippen LogP contribution in [0.25, 0.3) is 93.8 Å². The molecule has 0 radical (unpaired) electrons. The average molecular weight is 614 g/mol. The zero-order chi connectivity index (χ0) is 31.6. The van der Waals surface area contributed by atoms with E-state index in [-0.39, 0.29) is 0 Å². The van der Waals surface area contributed by atoms with Gasteiger partial charge >= 0.3 is 0 Å². The van der Waals surface area contributed by atoms with Crippen molar-refractivity contribution >= 4 is 54.5 Å². The minimum atomic E-state index is 0.619. The minimum absolute atomic E-state index is 0.619. The fourth-order valence-electron chi connectivity index (χ4n) is 7.25. The third kappa shape index (κ3) is 4.10. The van der Waals surface area contributed by atoms with E-state index < -0.39 is 0 Å². The highest BCUT2D eigenvalue weighted by atomic mass is 16.3. The number of rotatable bonds is 4. The highest BCUT2D eigenvalue weighted by Gasteiger charge is 2.20. The second-order valence-electron chi connectivity index (χ2n) is 12.3. The Morgan fingerprint density at radius 3 is 1.73 bits per heavy atom. The van der Waals surface area contributed by atoms with Gasteiger partial charge in [0.2, 0.25) is 5.95 Å². The quantitative estimate of drug-likeness (QED) is 0.198. The fourth-order valence-corrected chi connectivity index (χ4v) is 7.25. The summed E-state index contributed by atoms with van der Waals surface area (Å²) in [5.74, 6) is 0.619. The van der Waals surface area contributed by atoms with Crippen LogP contribution in [0.5, 0.6) is 0 Å². The molecule has 10 aromatic rings. The standard InChI is InChI=1S/C44H27N3O/c1-3-11-28(12-4-1)31-23-32(29-13-5-2-6-14-29)25-33(24-31)34-26-45-44(46-27-34)47-38-18-10-9-17-36(38)42-39(47)21-20-37-41-35-16-8-7-15-30(35)19-22-40(41)48-43(37)42/h1-27H. The Balaban J connectivity index is 1.15. The molecule has 10 rings (SSSR count). The third-order valence-corrected chi connectivity index (χ3v) is 9.48. The summed E-state index contributed by atoms with van der Waals surface area (Å²) in [5.41, 5.74) is 10.5. The van der Waals surface area contributed by atoms with Gasteiger partial charge in [-0.1, -0.05) is 109 Å². The SMILES string of the molecule is c1ccc(-c2cc(-c3ccccc3)cc(-c3cnc(-n4c5ccccc5c5c6oc7ccc8ccccc8c7c6ccc54)nc3)c2)cc1. The number of para-hydroxylation sites is 1. The van der Waals surface area contributed by atoms with Crippen molar-refractivity contribution in [2.24, 2.45) is 0 Å². The first-order chi connectivity index (χ1) is 23.8. The summed E-state index contributed by atoms with van der Waals surface area (Å²) in [6.45, 7) is 0. The molecule has 0 amide bonds. The van der Waals surface area contributed by atoms with Gasteiger partial charge in [0, 0.05) is 34.1 Å². The first-order valence-corrected chi connectivity index (χ1v) is 16.1. The molecule has 7 aromatic carbocycles. The first-order valence-electron chi connectivity index (χ1n) is 16.1. The van der Waals surface area contributed by atoms with E-state index in [1.807, 2.05) is 24.5 Å². The minimum Gasteiger partial charge on any atom is -0.455 e. The molecular formula is C44H27N3O. The zero-order valence-corrected chi connectivity index (χ0v) is 25.8. The molecular weight excluding hydrogens is 587 g/mol. The number of benzene rings is 7. The molecule has 0 bridgehead atoms. The van der Waals surface area contributed by atoms with Crippen molar-refractivity contribution in [1.29, 1.82) is 0 Å². The number of aromatic nitrogens is 3. The Morgan fingerprint density at radius 1 is 0.417 bits per heavy atom. The maximum atomic E-state index is 6.65. The molecule has 0 atom stereocenters. The molecule has 0 aliphatic heterocycles. The molecule has 0 saturated carbocycles. The highest BCUT2D eigenvalue weighted by molar-refractivity contribution is 6.27. The Morgan fingerprint density at radius 2 is 1.02 bits per heavy atom. The van der Waals surface area contributed by atoms with Crippen LogP contribution in [0.2, 0.25) is 0 Å². The smallest absolute Gasteiger partial charge is 0.234 e. The monoisotopic (exact) mass is 613 g/mol. The summed E-state index contributed by atoms with van der Waals surface area (Å²) < 4.78 is 8.80. The predicted octanol–water partition coefficient (Wildman–Crippen LogP) is 11.6. The fraction of sp³-hybridized carbons (Fsp3) is 0. The van der Waals surface area contributed by atoms with E-state index in [0.29, 0.717) is 5.95 Å². The normalized spacial score (nSPS) is 11.8. The van der Waals surface area contributed by atoms with Crippen molar-refractivity contribution in [1.82, 2.24) is 14.5 Å². The second-order valence-corrected chi connectivity index (χ2v) is 12.3.